The summed E-state index contributed by atoms with van der Waals surface area (Å²) in [6.07, 6.45) is -1.78. The van der Waals surface area contributed by atoms with Gasteiger partial charge in [-0.25, -0.2) is 4.79 Å². The molecule has 8 nitrogen and oxygen atoms in total. The largest absolute Gasteiger partial charge is 0.494 e. The average molecular weight is 223 g/mol. The Kier molecular flexibility index (Phi) is 2.13. The molecule has 0 spiro atoms. The molecule has 1 aromatic rings. The van der Waals surface area contributed by atoms with E-state index in [-0.39, 0.29) is 4.57 Å². The lowest BCUT2D eigenvalue weighted by atomic mass is 10.6. The first-order valence-corrected chi connectivity index (χ1v) is 4.53. The second-order valence-electron chi connectivity index (χ2n) is 2.28. The maximum absolute atomic E-state index is 10.5. The van der Waals surface area contributed by atoms with Crippen LogP contribution >= 0.6 is 0 Å². The zero-order valence-electron chi connectivity index (χ0n) is 6.45. The van der Waals surface area contributed by atoms with Crippen LogP contribution in [-0.4, -0.2) is 39.0 Å². The van der Waals surface area contributed by atoms with E-state index in [4.69, 9.17) is 19.9 Å². The highest BCUT2D eigenvalue weighted by Gasteiger charge is 2.26. The molecule has 0 aliphatic carbocycles. The molecule has 14 heavy (non-hydrogen) atoms. The summed E-state index contributed by atoms with van der Waals surface area (Å²) in [4.78, 5) is 9.28. The fraction of sp³-hybridized carbons (Fsp3) is 0. The van der Waals surface area contributed by atoms with Crippen LogP contribution in [0.3, 0.4) is 0 Å². The van der Waals surface area contributed by atoms with E-state index >= 15 is 0 Å². The third-order valence-electron chi connectivity index (χ3n) is 1.39. The Morgan fingerprint density at radius 3 is 2.07 bits per heavy atom. The molecular formula is C5H5NO7S. The quantitative estimate of drug-likeness (QED) is 0.478. The molecule has 0 fully saturated rings. The monoisotopic (exact) mass is 223 g/mol. The molecule has 1 aromatic heterocycles. The minimum Gasteiger partial charge on any atom is -0.494 e. The Morgan fingerprint density at radius 2 is 1.86 bits per heavy atom. The number of hydrogen-bond donors (Lipinski definition) is 4. The van der Waals surface area contributed by atoms with Crippen molar-refractivity contribution in [3.05, 3.63) is 6.07 Å². The predicted molar refractivity (Wildman–Crippen MR) is 41.0 cm³/mol. The molecule has 78 valence electrons. The van der Waals surface area contributed by atoms with Crippen LogP contribution in [0.4, 0.5) is 4.79 Å². The van der Waals surface area contributed by atoms with Gasteiger partial charge in [-0.2, -0.15) is 13.0 Å². The lowest BCUT2D eigenvalue weighted by molar-refractivity contribution is 0.189. The van der Waals surface area contributed by atoms with Gasteiger partial charge in [-0.3, -0.25) is 4.55 Å². The molecule has 0 aromatic carbocycles. The molecule has 0 aliphatic rings. The number of nitrogens with zero attached hydrogens (tertiary/aromatic N) is 1. The fourth-order valence-electron chi connectivity index (χ4n) is 0.843. The van der Waals surface area contributed by atoms with E-state index in [1.54, 1.807) is 0 Å². The molecule has 0 atom stereocenters. The summed E-state index contributed by atoms with van der Waals surface area (Å²) < 4.78 is 29.4. The zero-order chi connectivity index (χ0) is 11.1. The number of aromatic nitrogens is 1. The van der Waals surface area contributed by atoms with Crippen LogP contribution in [0.5, 0.6) is 11.8 Å². The van der Waals surface area contributed by atoms with Crippen LogP contribution in [-0.2, 0) is 10.1 Å². The van der Waals surface area contributed by atoms with Gasteiger partial charge in [0.25, 0.3) is 10.1 Å². The summed E-state index contributed by atoms with van der Waals surface area (Å²) in [6, 6.07) is 0.415. The Bertz CT molecular complexity index is 484. The predicted octanol–water partition coefficient (Wildman–Crippen LogP) is -0.328. The van der Waals surface area contributed by atoms with Gasteiger partial charge in [0.05, 0.1) is 0 Å². The maximum atomic E-state index is 10.5. The number of carboxylic acid groups (broad SMARTS) is 1. The topological polar surface area (TPSA) is 137 Å². The van der Waals surface area contributed by atoms with Crippen LogP contribution in [0.15, 0.2) is 11.0 Å². The van der Waals surface area contributed by atoms with E-state index in [2.05, 4.69) is 0 Å². The van der Waals surface area contributed by atoms with Gasteiger partial charge in [0, 0.05) is 6.07 Å². The summed E-state index contributed by atoms with van der Waals surface area (Å²) in [5.41, 5.74) is 0. The average Bonchev–Trinajstić information content (AvgIpc) is 2.24. The zero-order valence-corrected chi connectivity index (χ0v) is 7.26. The number of carbonyl (C=O) groups is 1. The highest BCUT2D eigenvalue weighted by molar-refractivity contribution is 7.86. The van der Waals surface area contributed by atoms with Gasteiger partial charge in [0.1, 0.15) is 0 Å². The summed E-state index contributed by atoms with van der Waals surface area (Å²) in [6.45, 7) is 0. The summed E-state index contributed by atoms with van der Waals surface area (Å²) in [5, 5.41) is 26.3. The Balaban J connectivity index is 3.55. The van der Waals surface area contributed by atoms with E-state index < -0.39 is 32.9 Å². The molecule has 0 unspecified atom stereocenters. The van der Waals surface area contributed by atoms with Crippen LogP contribution < -0.4 is 0 Å². The second-order valence-corrected chi connectivity index (χ2v) is 3.67. The van der Waals surface area contributed by atoms with E-state index in [1.807, 2.05) is 0 Å². The number of aromatic hydroxyl groups is 2. The fourth-order valence-corrected chi connectivity index (χ4v) is 1.42. The van der Waals surface area contributed by atoms with Crippen molar-refractivity contribution in [3.63, 3.8) is 0 Å². The molecule has 1 heterocycles. The molecule has 0 aliphatic heterocycles. The van der Waals surface area contributed by atoms with E-state index in [1.165, 1.54) is 0 Å². The smallest absolute Gasteiger partial charge is 0.421 e. The Morgan fingerprint density at radius 1 is 1.36 bits per heavy atom. The van der Waals surface area contributed by atoms with E-state index in [0.717, 1.165) is 0 Å². The van der Waals surface area contributed by atoms with Crippen LogP contribution in [0, 0.1) is 0 Å². The van der Waals surface area contributed by atoms with Crippen molar-refractivity contribution in [1.29, 1.82) is 0 Å². The van der Waals surface area contributed by atoms with E-state index in [0.29, 0.717) is 6.07 Å². The Hall–Kier alpha value is -1.74. The highest BCUT2D eigenvalue weighted by Crippen LogP contribution is 2.30. The van der Waals surface area contributed by atoms with Gasteiger partial charge < -0.3 is 15.3 Å². The molecule has 0 bridgehead atoms. The third-order valence-corrected chi connectivity index (χ3v) is 2.25. The van der Waals surface area contributed by atoms with Gasteiger partial charge in [-0.15, -0.1) is 0 Å². The molecule has 1 rings (SSSR count). The molecule has 4 N–H and O–H groups in total. The van der Waals surface area contributed by atoms with Gasteiger partial charge >= 0.3 is 6.09 Å². The Labute approximate surface area is 77.4 Å². The standard InChI is InChI=1S/C5H5NO7S/c7-3-1-2(14(11,12)13)4(8)6(3)5(9)10/h1,7-8H,(H,9,10)(H,11,12,13). The van der Waals surface area contributed by atoms with Gasteiger partial charge in [0.2, 0.25) is 11.8 Å². The first-order valence-electron chi connectivity index (χ1n) is 3.09. The molecular weight excluding hydrogens is 218 g/mol. The van der Waals surface area contributed by atoms with Crippen molar-refractivity contribution in [2.24, 2.45) is 0 Å². The molecule has 0 radical (unpaired) electrons. The molecule has 0 amide bonds. The highest BCUT2D eigenvalue weighted by atomic mass is 32.2. The minimum atomic E-state index is -4.76. The van der Waals surface area contributed by atoms with Crippen molar-refractivity contribution >= 4 is 16.2 Å². The third kappa shape index (κ3) is 1.49. The lowest BCUT2D eigenvalue weighted by Crippen LogP contribution is -2.07. The van der Waals surface area contributed by atoms with Gasteiger partial charge in [-0.1, -0.05) is 0 Å². The van der Waals surface area contributed by atoms with Crippen molar-refractivity contribution in [1.82, 2.24) is 4.57 Å². The van der Waals surface area contributed by atoms with Crippen LogP contribution in [0.25, 0.3) is 0 Å². The van der Waals surface area contributed by atoms with Crippen molar-refractivity contribution in [3.8, 4) is 11.8 Å². The summed E-state index contributed by atoms with van der Waals surface area (Å²) >= 11 is 0. The number of rotatable bonds is 1. The maximum Gasteiger partial charge on any atom is 0.421 e. The van der Waals surface area contributed by atoms with Gasteiger partial charge in [0.15, 0.2) is 4.90 Å². The molecule has 0 saturated heterocycles. The summed E-state index contributed by atoms with van der Waals surface area (Å²) in [7, 11) is -4.76. The summed E-state index contributed by atoms with van der Waals surface area (Å²) in [5.74, 6) is -2.28. The van der Waals surface area contributed by atoms with Crippen molar-refractivity contribution < 1.29 is 33.1 Å². The van der Waals surface area contributed by atoms with Crippen LogP contribution in [0.2, 0.25) is 0 Å². The first-order chi connectivity index (χ1) is 6.25. The van der Waals surface area contributed by atoms with Crippen molar-refractivity contribution in [2.75, 3.05) is 0 Å². The lowest BCUT2D eigenvalue weighted by Gasteiger charge is -1.98. The second kappa shape index (κ2) is 2.89. The first kappa shape index (κ1) is 10.3. The van der Waals surface area contributed by atoms with Crippen LogP contribution in [0.1, 0.15) is 0 Å². The minimum absolute atomic E-state index is 0.0941. The molecule has 0 saturated carbocycles. The normalized spacial score (nSPS) is 11.5. The SMILES string of the molecule is O=C(O)n1c(O)cc(S(=O)(=O)O)c1O. The van der Waals surface area contributed by atoms with Crippen molar-refractivity contribution in [2.45, 2.75) is 4.90 Å². The van der Waals surface area contributed by atoms with E-state index in [9.17, 15) is 13.2 Å². The van der Waals surface area contributed by atoms with Gasteiger partial charge in [-0.05, 0) is 0 Å². The molecule has 9 heteroatoms. The number of hydrogen-bond acceptors (Lipinski definition) is 5.